The van der Waals surface area contributed by atoms with Crippen LogP contribution in [0.5, 0.6) is 0 Å². The van der Waals surface area contributed by atoms with E-state index in [1.807, 2.05) is 0 Å². The van der Waals surface area contributed by atoms with Crippen LogP contribution in [0.2, 0.25) is 0 Å². The quantitative estimate of drug-likeness (QED) is 0.0538. The van der Waals surface area contributed by atoms with E-state index in [9.17, 15) is 0 Å². The van der Waals surface area contributed by atoms with E-state index in [0.29, 0.717) is 0 Å². The van der Waals surface area contributed by atoms with Gasteiger partial charge in [0.05, 0.1) is 0 Å². The van der Waals surface area contributed by atoms with Crippen LogP contribution in [0.4, 0.5) is 0 Å². The summed E-state index contributed by atoms with van der Waals surface area (Å²) >= 11 is 0.103. The standard InChI is InChI=1S/H25I3N24O18/c1-28-19(7)37-21(9,30-3-4)41-24(12)35-18(6)36-25(13,40-20(8,29-2)39-24)44-26(14)34-17(5)33-22(10)31-16-32-23(11,38-19)43-27(15,42-22)45-26/h16H,4-15H2/q+8. The summed E-state index contributed by atoms with van der Waals surface area (Å²) in [5.74, 6) is 63.6. The first-order valence-electron chi connectivity index (χ1n) is 9.59. The van der Waals surface area contributed by atoms with Crippen molar-refractivity contribution in [2.45, 2.75) is 0 Å². The summed E-state index contributed by atoms with van der Waals surface area (Å²) in [4.78, 5) is 74.1. The van der Waals surface area contributed by atoms with Gasteiger partial charge in [-0.2, -0.15) is 0 Å². The van der Waals surface area contributed by atoms with Gasteiger partial charge in [0.2, 0.25) is 0 Å². The summed E-state index contributed by atoms with van der Waals surface area (Å²) in [6.45, 7) is 0. The predicted octanol–water partition coefficient (Wildman–Crippen LogP) is -13.7. The third kappa shape index (κ3) is 9.40. The number of nitrogens with two attached hydrogens (primary N) is 12. The minimum atomic E-state index is -2.68. The second-order valence-electron chi connectivity index (χ2n) is 7.05. The first-order valence-corrected chi connectivity index (χ1v) is 13.5. The monoisotopic (exact) mass is 1030 g/mol. The van der Waals surface area contributed by atoms with E-state index in [2.05, 4.69) is 0 Å². The number of hydrogen-bond acceptors (Lipinski definition) is 33. The Morgan fingerprint density at radius 1 is 0.489 bits per heavy atom. The average Bonchev–Trinajstić information content (AvgIpc) is 2.78. The Morgan fingerprint density at radius 3 is 1.38 bits per heavy atom. The van der Waals surface area contributed by atoms with E-state index in [4.69, 9.17) is 152 Å². The number of hydrazine groups is 2. The molecule has 5 saturated heterocycles. The van der Waals surface area contributed by atoms with Crippen molar-refractivity contribution in [3.63, 3.8) is 0 Å². The maximum absolute atomic E-state index is 5.90. The molecule has 5 heterocycles. The molecule has 5 fully saturated rings. The molecule has 266 valence electrons. The van der Waals surface area contributed by atoms with Crippen LogP contribution >= 0.6 is 46.0 Å². The van der Waals surface area contributed by atoms with E-state index in [-0.39, 0.29) is 10.7 Å². The van der Waals surface area contributed by atoms with Crippen LogP contribution < -0.4 is 95.8 Å². The molecule has 5 rings (SSSR count). The van der Waals surface area contributed by atoms with Gasteiger partial charge in [-0.25, -0.2) is 5.84 Å². The summed E-state index contributed by atoms with van der Waals surface area (Å²) in [5, 5.41) is -23.2. The zero-order valence-electron chi connectivity index (χ0n) is 20.8. The van der Waals surface area contributed by atoms with Gasteiger partial charge in [-0.05, 0) is 0 Å². The number of nitrogens with zero attached hydrogens (tertiary/aromatic N) is 11. The van der Waals surface area contributed by atoms with E-state index < -0.39 is 67.6 Å². The van der Waals surface area contributed by atoms with Crippen molar-refractivity contribution in [1.29, 1.82) is 0 Å². The van der Waals surface area contributed by atoms with Crippen LogP contribution in [-0.2, 0) is 83.6 Å². The zero-order valence-corrected chi connectivity index (χ0v) is 27.3. The van der Waals surface area contributed by atoms with Crippen molar-refractivity contribution < 1.29 is 151 Å². The molecule has 9 unspecified atom stereocenters. The summed E-state index contributed by atoms with van der Waals surface area (Å²) in [6, 6.07) is 0. The Hall–Kier alpha value is 0.510. The molecular formula is H25I3N24O18+8. The summed E-state index contributed by atoms with van der Waals surface area (Å²) in [7, 11) is 0. The number of rotatable bonds is 4. The number of halogens is 3. The second-order valence-corrected chi connectivity index (χ2v) is 8.74. The Labute approximate surface area is 280 Å². The number of quaternary nitrogens is 9. The van der Waals surface area contributed by atoms with E-state index >= 15 is 0 Å². The number of fused-ring (bicyclic) bond motifs is 9. The normalized spacial score (nSPS) is 51.4. The van der Waals surface area contributed by atoms with Gasteiger partial charge in [-0.15, -0.1) is 0 Å². The topological polar surface area (TPSA) is 497 Å². The third-order valence-corrected chi connectivity index (χ3v) is 5.36. The van der Waals surface area contributed by atoms with Crippen LogP contribution in [-0.4, -0.2) is 56.4 Å². The van der Waals surface area contributed by atoms with Gasteiger partial charge in [0.25, 0.3) is 0 Å². The predicted molar refractivity (Wildman–Crippen MR) is 107 cm³/mol. The van der Waals surface area contributed by atoms with E-state index in [1.54, 1.807) is 5.64 Å². The Balaban J connectivity index is 1.91. The molecule has 25 N–H and O–H groups in total. The SMILES string of the molecule is N[I-]O[N+]1(N)O[N+](N)(OI)O[N+]2(N)ONO[N+]3(N)ON(N)O[N+](N)(O[N+]4(N)ON(N)O[N+](N)(O[N+](N)(OI)O4)O1)O[N+](N)(O3)O2. The first-order chi connectivity index (χ1) is 20.5. The fourth-order valence-electron chi connectivity index (χ4n) is 2.48. The van der Waals surface area contributed by atoms with Gasteiger partial charge in [0.1, 0.15) is 0 Å². The van der Waals surface area contributed by atoms with E-state index in [0.717, 1.165) is 46.0 Å². The average molecular weight is 1030 g/mol. The summed E-state index contributed by atoms with van der Waals surface area (Å²) in [5.41, 5.74) is 1.55. The summed E-state index contributed by atoms with van der Waals surface area (Å²) < 4.78 is 20.1. The van der Waals surface area contributed by atoms with Crippen molar-refractivity contribution in [1.82, 2.24) is 16.3 Å². The minimum absolute atomic E-state index is 0.289. The molecular weight excluding hydrogens is 1000 g/mol. The molecule has 45 heteroatoms. The first kappa shape index (κ1) is 38.3. The molecule has 5 aliphatic heterocycles. The van der Waals surface area contributed by atoms with Gasteiger partial charge in [0.15, 0.2) is 0 Å². The number of nitrogens with one attached hydrogen (secondary N) is 1. The molecule has 42 nitrogen and oxygen atoms in total. The second kappa shape index (κ2) is 13.0. The molecule has 9 atom stereocenters. The van der Waals surface area contributed by atoms with Crippen LogP contribution in [0.15, 0.2) is 0 Å². The fourth-order valence-corrected chi connectivity index (χ4v) is 3.23. The van der Waals surface area contributed by atoms with E-state index in [1.165, 1.54) is 0 Å². The Kier molecular flexibility index (Phi) is 11.1. The molecule has 0 saturated carbocycles. The molecule has 45 heavy (non-hydrogen) atoms. The third-order valence-electron chi connectivity index (χ3n) is 3.48. The van der Waals surface area contributed by atoms with Crippen molar-refractivity contribution in [3.05, 3.63) is 0 Å². The number of hydrogen-bond donors (Lipinski definition) is 13. The van der Waals surface area contributed by atoms with Crippen molar-refractivity contribution >= 4 is 46.0 Å². The van der Waals surface area contributed by atoms with Crippen molar-refractivity contribution in [2.75, 3.05) is 0 Å². The van der Waals surface area contributed by atoms with Gasteiger partial charge < -0.3 is 0 Å². The van der Waals surface area contributed by atoms with Crippen LogP contribution in [0.25, 0.3) is 0 Å². The molecule has 0 radical (unpaired) electrons. The zero-order chi connectivity index (χ0) is 33.8. The van der Waals surface area contributed by atoms with Crippen molar-refractivity contribution in [3.8, 4) is 0 Å². The molecule has 0 aromatic heterocycles. The van der Waals surface area contributed by atoms with Gasteiger partial charge in [0, 0.05) is 0 Å². The Bertz CT molecular complexity index is 1070. The Morgan fingerprint density at radius 2 is 0.844 bits per heavy atom. The van der Waals surface area contributed by atoms with Crippen LogP contribution in [0.3, 0.4) is 0 Å². The van der Waals surface area contributed by atoms with Crippen LogP contribution in [0, 0.1) is 0 Å². The van der Waals surface area contributed by atoms with Gasteiger partial charge >= 0.3 is 276 Å². The molecule has 0 aromatic carbocycles. The molecule has 0 aromatic rings. The van der Waals surface area contributed by atoms with Gasteiger partial charge in [-0.1, -0.05) is 0 Å². The molecule has 6 bridgehead atoms. The molecule has 0 spiro atoms. The van der Waals surface area contributed by atoms with Gasteiger partial charge in [-0.3, -0.25) is 0 Å². The molecule has 0 amide bonds. The van der Waals surface area contributed by atoms with Crippen LogP contribution in [0.1, 0.15) is 0 Å². The fraction of sp³-hybridized carbons (Fsp3) is 0. The maximum atomic E-state index is 5.90. The molecule has 0 aliphatic carbocycles. The molecule has 5 aliphatic rings. The summed E-state index contributed by atoms with van der Waals surface area (Å²) in [6.07, 6.45) is 0. The van der Waals surface area contributed by atoms with Crippen molar-refractivity contribution in [2.24, 2.45) is 68.2 Å².